The molecule has 3 aromatic rings. The van der Waals surface area contributed by atoms with Crippen LogP contribution in [-0.4, -0.2) is 59.2 Å². The standard InChI is InChI=1S/C20H24N6OS/c1-14(18-22-19(24-23-18)17-4-3-13-28-17)21-20(27)15-5-7-16(8-6-15)26-11-9-25(2)10-12-26/h3-8,13-14H,9-12H2,1-2H3,(H,21,27)(H,22,23,24). The van der Waals surface area contributed by atoms with Gasteiger partial charge in [-0.05, 0) is 49.7 Å². The van der Waals surface area contributed by atoms with Gasteiger partial charge in [0.05, 0.1) is 10.9 Å². The summed E-state index contributed by atoms with van der Waals surface area (Å²) in [6, 6.07) is 11.5. The number of H-pyrrole nitrogens is 1. The monoisotopic (exact) mass is 396 g/mol. The zero-order valence-corrected chi connectivity index (χ0v) is 16.9. The molecule has 146 valence electrons. The summed E-state index contributed by atoms with van der Waals surface area (Å²) in [5.74, 6) is 1.18. The summed E-state index contributed by atoms with van der Waals surface area (Å²) >= 11 is 1.59. The van der Waals surface area contributed by atoms with E-state index in [1.807, 2.05) is 48.7 Å². The molecule has 0 bridgehead atoms. The number of aromatic nitrogens is 3. The number of nitrogens with one attached hydrogen (secondary N) is 2. The van der Waals surface area contributed by atoms with E-state index in [0.717, 1.165) is 36.7 Å². The minimum absolute atomic E-state index is 0.119. The summed E-state index contributed by atoms with van der Waals surface area (Å²) in [5, 5.41) is 12.1. The van der Waals surface area contributed by atoms with Gasteiger partial charge in [0.1, 0.15) is 5.82 Å². The van der Waals surface area contributed by atoms with Gasteiger partial charge in [0.2, 0.25) is 0 Å². The Morgan fingerprint density at radius 3 is 2.61 bits per heavy atom. The molecule has 8 heteroatoms. The van der Waals surface area contributed by atoms with E-state index in [1.54, 1.807) is 11.3 Å². The smallest absolute Gasteiger partial charge is 0.251 e. The van der Waals surface area contributed by atoms with Crippen LogP contribution in [0.25, 0.3) is 10.7 Å². The van der Waals surface area contributed by atoms with Crippen LogP contribution in [0, 0.1) is 0 Å². The largest absolute Gasteiger partial charge is 0.369 e. The first-order valence-corrected chi connectivity index (χ1v) is 10.3. The van der Waals surface area contributed by atoms with E-state index in [1.165, 1.54) is 0 Å². The van der Waals surface area contributed by atoms with Crippen LogP contribution in [0.2, 0.25) is 0 Å². The average Bonchev–Trinajstić information content (AvgIpc) is 3.40. The first kappa shape index (κ1) is 18.6. The van der Waals surface area contributed by atoms with E-state index < -0.39 is 0 Å². The molecule has 3 heterocycles. The molecule has 7 nitrogen and oxygen atoms in total. The second-order valence-corrected chi connectivity index (χ2v) is 8.00. The lowest BCUT2D eigenvalue weighted by molar-refractivity contribution is 0.0938. The Morgan fingerprint density at radius 1 is 1.18 bits per heavy atom. The average molecular weight is 397 g/mol. The van der Waals surface area contributed by atoms with Crippen LogP contribution >= 0.6 is 11.3 Å². The van der Waals surface area contributed by atoms with Crippen molar-refractivity contribution in [3.05, 3.63) is 53.2 Å². The highest BCUT2D eigenvalue weighted by Crippen LogP contribution is 2.22. The van der Waals surface area contributed by atoms with Crippen LogP contribution in [0.5, 0.6) is 0 Å². The molecule has 1 aliphatic heterocycles. The minimum atomic E-state index is -0.258. The fourth-order valence-electron chi connectivity index (χ4n) is 3.22. The quantitative estimate of drug-likeness (QED) is 0.693. The maximum Gasteiger partial charge on any atom is 0.251 e. The molecule has 0 spiro atoms. The van der Waals surface area contributed by atoms with Crippen molar-refractivity contribution in [3.63, 3.8) is 0 Å². The fourth-order valence-corrected chi connectivity index (χ4v) is 3.88. The first-order valence-electron chi connectivity index (χ1n) is 9.41. The number of hydrogen-bond donors (Lipinski definition) is 2. The fraction of sp³-hybridized carbons (Fsp3) is 0.350. The Bertz CT molecular complexity index is 913. The molecule has 0 radical (unpaired) electrons. The molecule has 1 unspecified atom stereocenters. The number of benzene rings is 1. The lowest BCUT2D eigenvalue weighted by Crippen LogP contribution is -2.44. The molecule has 28 heavy (non-hydrogen) atoms. The van der Waals surface area contributed by atoms with Crippen molar-refractivity contribution in [2.45, 2.75) is 13.0 Å². The van der Waals surface area contributed by atoms with Gasteiger partial charge < -0.3 is 15.1 Å². The number of amides is 1. The second kappa shape index (κ2) is 8.12. The molecule has 1 aliphatic rings. The second-order valence-electron chi connectivity index (χ2n) is 7.05. The Balaban J connectivity index is 1.38. The summed E-state index contributed by atoms with van der Waals surface area (Å²) in [6.45, 7) is 6.04. The van der Waals surface area contributed by atoms with E-state index in [-0.39, 0.29) is 11.9 Å². The van der Waals surface area contributed by atoms with Gasteiger partial charge in [0.25, 0.3) is 5.91 Å². The van der Waals surface area contributed by atoms with Crippen molar-refractivity contribution in [1.29, 1.82) is 0 Å². The zero-order valence-electron chi connectivity index (χ0n) is 16.1. The van der Waals surface area contributed by atoms with Gasteiger partial charge in [-0.3, -0.25) is 9.89 Å². The molecule has 1 aromatic carbocycles. The van der Waals surface area contributed by atoms with E-state index in [4.69, 9.17) is 0 Å². The SMILES string of the molecule is CC(NC(=O)c1ccc(N2CCN(C)CC2)cc1)c1nc(-c2cccs2)n[nH]1. The zero-order chi connectivity index (χ0) is 19.5. The predicted molar refractivity (Wildman–Crippen MR) is 112 cm³/mol. The van der Waals surface area contributed by atoms with Gasteiger partial charge in [-0.1, -0.05) is 6.07 Å². The van der Waals surface area contributed by atoms with Crippen LogP contribution in [-0.2, 0) is 0 Å². The van der Waals surface area contributed by atoms with Gasteiger partial charge >= 0.3 is 0 Å². The molecule has 1 atom stereocenters. The van der Waals surface area contributed by atoms with E-state index in [9.17, 15) is 4.79 Å². The van der Waals surface area contributed by atoms with Crippen molar-refractivity contribution >= 4 is 22.9 Å². The lowest BCUT2D eigenvalue weighted by Gasteiger charge is -2.34. The summed E-state index contributed by atoms with van der Waals surface area (Å²) < 4.78 is 0. The Morgan fingerprint density at radius 2 is 1.93 bits per heavy atom. The third-order valence-electron chi connectivity index (χ3n) is 5.00. The number of carbonyl (C=O) groups is 1. The van der Waals surface area contributed by atoms with Crippen LogP contribution < -0.4 is 10.2 Å². The van der Waals surface area contributed by atoms with Crippen molar-refractivity contribution < 1.29 is 4.79 Å². The van der Waals surface area contributed by atoms with E-state index >= 15 is 0 Å². The molecule has 4 rings (SSSR count). The maximum atomic E-state index is 12.6. The van der Waals surface area contributed by atoms with Crippen LogP contribution in [0.15, 0.2) is 41.8 Å². The molecule has 1 amide bonds. The van der Waals surface area contributed by atoms with Gasteiger partial charge in [-0.2, -0.15) is 5.10 Å². The van der Waals surface area contributed by atoms with Crippen LogP contribution in [0.3, 0.4) is 0 Å². The van der Waals surface area contributed by atoms with Crippen LogP contribution in [0.1, 0.15) is 29.1 Å². The third kappa shape index (κ3) is 4.07. The first-order chi connectivity index (χ1) is 13.6. The molecular weight excluding hydrogens is 372 g/mol. The number of likely N-dealkylation sites (N-methyl/N-ethyl adjacent to an activating group) is 1. The molecule has 0 aliphatic carbocycles. The van der Waals surface area contributed by atoms with Crippen LogP contribution in [0.4, 0.5) is 5.69 Å². The summed E-state index contributed by atoms with van der Waals surface area (Å²) in [7, 11) is 2.14. The van der Waals surface area contributed by atoms with E-state index in [2.05, 4.69) is 37.3 Å². The summed E-state index contributed by atoms with van der Waals surface area (Å²) in [5.41, 5.74) is 1.80. The topological polar surface area (TPSA) is 77.2 Å². The number of thiophene rings is 1. The highest BCUT2D eigenvalue weighted by atomic mass is 32.1. The number of hydrogen-bond acceptors (Lipinski definition) is 6. The maximum absolute atomic E-state index is 12.6. The van der Waals surface area contributed by atoms with Gasteiger partial charge in [-0.25, -0.2) is 4.98 Å². The minimum Gasteiger partial charge on any atom is -0.369 e. The summed E-state index contributed by atoms with van der Waals surface area (Å²) in [4.78, 5) is 22.8. The number of rotatable bonds is 5. The van der Waals surface area contributed by atoms with E-state index in [0.29, 0.717) is 17.2 Å². The highest BCUT2D eigenvalue weighted by molar-refractivity contribution is 7.13. The number of carbonyl (C=O) groups excluding carboxylic acids is 1. The summed E-state index contributed by atoms with van der Waals surface area (Å²) in [6.07, 6.45) is 0. The predicted octanol–water partition coefficient (Wildman–Crippen LogP) is 2.78. The Labute approximate surface area is 168 Å². The molecule has 0 saturated carbocycles. The van der Waals surface area contributed by atoms with Gasteiger partial charge in [0.15, 0.2) is 5.82 Å². The number of piperazine rings is 1. The molecular formula is C20H24N6OS. The Hall–Kier alpha value is -2.71. The van der Waals surface area contributed by atoms with Crippen molar-refractivity contribution in [2.75, 3.05) is 38.1 Å². The lowest BCUT2D eigenvalue weighted by atomic mass is 10.1. The number of nitrogens with zero attached hydrogens (tertiary/aromatic N) is 4. The Kier molecular flexibility index (Phi) is 5.40. The van der Waals surface area contributed by atoms with Gasteiger partial charge in [0, 0.05) is 37.4 Å². The van der Waals surface area contributed by atoms with Crippen molar-refractivity contribution in [3.8, 4) is 10.7 Å². The third-order valence-corrected chi connectivity index (χ3v) is 5.87. The highest BCUT2D eigenvalue weighted by Gasteiger charge is 2.17. The van der Waals surface area contributed by atoms with Crippen molar-refractivity contribution in [1.82, 2.24) is 25.4 Å². The normalized spacial score (nSPS) is 16.1. The number of anilines is 1. The number of aromatic amines is 1. The molecule has 1 saturated heterocycles. The molecule has 1 fully saturated rings. The van der Waals surface area contributed by atoms with Gasteiger partial charge in [-0.15, -0.1) is 11.3 Å². The van der Waals surface area contributed by atoms with Crippen molar-refractivity contribution in [2.24, 2.45) is 0 Å². The molecule has 2 N–H and O–H groups in total. The molecule has 2 aromatic heterocycles.